The summed E-state index contributed by atoms with van der Waals surface area (Å²) < 4.78 is 0. The van der Waals surface area contributed by atoms with Gasteiger partial charge in [0.15, 0.2) is 0 Å². The molecule has 0 radical (unpaired) electrons. The average Bonchev–Trinajstić information content (AvgIpc) is 2.28. The second kappa shape index (κ2) is 11.6. The Kier molecular flexibility index (Phi) is 12.0. The molecule has 0 aromatic carbocycles. The zero-order chi connectivity index (χ0) is 13.0. The fourth-order valence-corrected chi connectivity index (χ4v) is 5.39. The molecule has 0 rings (SSSR count). The summed E-state index contributed by atoms with van der Waals surface area (Å²) in [6.45, 7) is 8.11. The second-order valence-electron chi connectivity index (χ2n) is 5.83. The summed E-state index contributed by atoms with van der Waals surface area (Å²) in [4.78, 5) is 0. The van der Waals surface area contributed by atoms with E-state index in [1.165, 1.54) is 50.3 Å². The van der Waals surface area contributed by atoms with Crippen molar-refractivity contribution in [2.24, 2.45) is 5.73 Å². The van der Waals surface area contributed by atoms with Crippen LogP contribution in [0.1, 0.15) is 59.3 Å². The minimum atomic E-state index is 0.110. The number of nitrogens with two attached hydrogens (primary N) is 1. The van der Waals surface area contributed by atoms with Crippen molar-refractivity contribution in [2.75, 3.05) is 18.1 Å². The SMILES string of the molecule is CCCCCCCC(C)(C)[SiH2]CCSCCN. The van der Waals surface area contributed by atoms with E-state index < -0.39 is 0 Å². The van der Waals surface area contributed by atoms with Crippen LogP contribution < -0.4 is 5.73 Å². The van der Waals surface area contributed by atoms with Crippen LogP contribution in [0.15, 0.2) is 0 Å². The molecule has 0 fully saturated rings. The minimum absolute atomic E-state index is 0.110. The lowest BCUT2D eigenvalue weighted by atomic mass is 10.0. The third kappa shape index (κ3) is 12.8. The molecule has 0 heterocycles. The summed E-state index contributed by atoms with van der Waals surface area (Å²) in [6, 6.07) is 1.49. The smallest absolute Gasteiger partial charge is 0.0272 e. The van der Waals surface area contributed by atoms with Gasteiger partial charge in [-0.15, -0.1) is 0 Å². The van der Waals surface area contributed by atoms with Crippen LogP contribution in [0.5, 0.6) is 0 Å². The van der Waals surface area contributed by atoms with Crippen LogP contribution in [0.2, 0.25) is 11.1 Å². The highest BCUT2D eigenvalue weighted by Crippen LogP contribution is 2.31. The van der Waals surface area contributed by atoms with Gasteiger partial charge in [-0.2, -0.15) is 11.8 Å². The van der Waals surface area contributed by atoms with Crippen LogP contribution >= 0.6 is 11.8 Å². The molecular weight excluding hydrogens is 242 g/mol. The van der Waals surface area contributed by atoms with Crippen LogP contribution in [-0.4, -0.2) is 27.6 Å². The predicted molar refractivity (Wildman–Crippen MR) is 87.1 cm³/mol. The Morgan fingerprint density at radius 2 is 1.76 bits per heavy atom. The standard InChI is InChI=1S/C14H33NSSi/c1-4-5-6-7-8-9-14(2,3)17-13-12-16-11-10-15/h4-13,15,17H2,1-3H3. The Bertz CT molecular complexity index is 146. The van der Waals surface area contributed by atoms with Crippen molar-refractivity contribution >= 4 is 21.3 Å². The normalized spacial score (nSPS) is 12.7. The van der Waals surface area contributed by atoms with E-state index in [1.54, 1.807) is 0 Å². The van der Waals surface area contributed by atoms with E-state index >= 15 is 0 Å². The molecule has 0 unspecified atom stereocenters. The van der Waals surface area contributed by atoms with Gasteiger partial charge in [0, 0.05) is 21.8 Å². The third-order valence-electron chi connectivity index (χ3n) is 3.36. The highest BCUT2D eigenvalue weighted by molar-refractivity contribution is 7.99. The van der Waals surface area contributed by atoms with Crippen molar-refractivity contribution in [1.82, 2.24) is 0 Å². The summed E-state index contributed by atoms with van der Waals surface area (Å²) in [5.41, 5.74) is 5.49. The molecule has 0 aliphatic heterocycles. The molecule has 0 aromatic heterocycles. The van der Waals surface area contributed by atoms with Gasteiger partial charge in [0.2, 0.25) is 0 Å². The molecule has 17 heavy (non-hydrogen) atoms. The highest BCUT2D eigenvalue weighted by Gasteiger charge is 2.16. The fourth-order valence-electron chi connectivity index (χ4n) is 2.17. The van der Waals surface area contributed by atoms with E-state index in [-0.39, 0.29) is 9.52 Å². The van der Waals surface area contributed by atoms with Crippen LogP contribution in [0.4, 0.5) is 0 Å². The summed E-state index contributed by atoms with van der Waals surface area (Å²) in [7, 11) is 0.110. The maximum absolute atomic E-state index is 5.49. The van der Waals surface area contributed by atoms with E-state index in [0.29, 0.717) is 5.04 Å². The van der Waals surface area contributed by atoms with E-state index in [0.717, 1.165) is 12.3 Å². The lowest BCUT2D eigenvalue weighted by Crippen LogP contribution is -2.13. The van der Waals surface area contributed by atoms with E-state index in [1.807, 2.05) is 11.8 Å². The molecule has 0 atom stereocenters. The Morgan fingerprint density at radius 1 is 1.06 bits per heavy atom. The van der Waals surface area contributed by atoms with Gasteiger partial charge in [0.05, 0.1) is 0 Å². The van der Waals surface area contributed by atoms with Gasteiger partial charge in [-0.3, -0.25) is 0 Å². The molecule has 0 aliphatic rings. The number of unbranched alkanes of at least 4 members (excludes halogenated alkanes) is 4. The fraction of sp³-hybridized carbons (Fsp3) is 1.00. The molecule has 1 nitrogen and oxygen atoms in total. The molecule has 0 spiro atoms. The van der Waals surface area contributed by atoms with Crippen LogP contribution in [0.25, 0.3) is 0 Å². The van der Waals surface area contributed by atoms with Crippen molar-refractivity contribution in [3.05, 3.63) is 0 Å². The van der Waals surface area contributed by atoms with Crippen molar-refractivity contribution in [1.29, 1.82) is 0 Å². The van der Waals surface area contributed by atoms with Gasteiger partial charge in [0.25, 0.3) is 0 Å². The summed E-state index contributed by atoms with van der Waals surface area (Å²) in [5.74, 6) is 2.49. The second-order valence-corrected chi connectivity index (χ2v) is 10.2. The topological polar surface area (TPSA) is 26.0 Å². The van der Waals surface area contributed by atoms with Crippen LogP contribution in [0.3, 0.4) is 0 Å². The number of thioether (sulfide) groups is 1. The Hall–Kier alpha value is 0.527. The van der Waals surface area contributed by atoms with Crippen LogP contribution in [-0.2, 0) is 0 Å². The van der Waals surface area contributed by atoms with Gasteiger partial charge >= 0.3 is 0 Å². The monoisotopic (exact) mass is 275 g/mol. The van der Waals surface area contributed by atoms with Gasteiger partial charge in [-0.1, -0.05) is 65.3 Å². The first kappa shape index (κ1) is 17.5. The Labute approximate surface area is 116 Å². The Morgan fingerprint density at radius 3 is 2.41 bits per heavy atom. The molecule has 3 heteroatoms. The average molecular weight is 276 g/mol. The number of rotatable bonds is 12. The quantitative estimate of drug-likeness (QED) is 0.433. The lowest BCUT2D eigenvalue weighted by Gasteiger charge is -2.24. The molecule has 0 bridgehead atoms. The van der Waals surface area contributed by atoms with Crippen molar-refractivity contribution < 1.29 is 0 Å². The van der Waals surface area contributed by atoms with Gasteiger partial charge < -0.3 is 5.73 Å². The Balaban J connectivity index is 3.38. The third-order valence-corrected chi connectivity index (χ3v) is 7.39. The minimum Gasteiger partial charge on any atom is -0.330 e. The first-order chi connectivity index (χ1) is 8.12. The number of hydrogen-bond acceptors (Lipinski definition) is 2. The van der Waals surface area contributed by atoms with Crippen LogP contribution in [0, 0.1) is 0 Å². The highest BCUT2D eigenvalue weighted by atomic mass is 32.2. The summed E-state index contributed by atoms with van der Waals surface area (Å²) in [6.07, 6.45) is 8.60. The maximum Gasteiger partial charge on any atom is 0.0272 e. The first-order valence-corrected chi connectivity index (χ1v) is 10.3. The lowest BCUT2D eigenvalue weighted by molar-refractivity contribution is 0.529. The molecule has 0 aliphatic carbocycles. The van der Waals surface area contributed by atoms with Gasteiger partial charge in [-0.05, 0) is 10.8 Å². The molecule has 0 aromatic rings. The molecule has 0 saturated heterocycles. The molecule has 2 N–H and O–H groups in total. The van der Waals surface area contributed by atoms with Gasteiger partial charge in [0.1, 0.15) is 0 Å². The molecular formula is C14H33NSSi. The zero-order valence-electron chi connectivity index (χ0n) is 12.3. The van der Waals surface area contributed by atoms with Crippen molar-refractivity contribution in [2.45, 2.75) is 70.4 Å². The van der Waals surface area contributed by atoms with Crippen molar-refractivity contribution in [3.8, 4) is 0 Å². The van der Waals surface area contributed by atoms with E-state index in [2.05, 4.69) is 20.8 Å². The molecule has 0 amide bonds. The van der Waals surface area contributed by atoms with Crippen molar-refractivity contribution in [3.63, 3.8) is 0 Å². The molecule has 0 saturated carbocycles. The molecule has 104 valence electrons. The largest absolute Gasteiger partial charge is 0.330 e. The number of hydrogen-bond donors (Lipinski definition) is 1. The van der Waals surface area contributed by atoms with Gasteiger partial charge in [-0.25, -0.2) is 0 Å². The van der Waals surface area contributed by atoms with E-state index in [9.17, 15) is 0 Å². The predicted octanol–water partition coefficient (Wildman–Crippen LogP) is 3.82. The summed E-state index contributed by atoms with van der Waals surface area (Å²) >= 11 is 2.04. The summed E-state index contributed by atoms with van der Waals surface area (Å²) in [5, 5.41) is 0.690. The maximum atomic E-state index is 5.49. The zero-order valence-corrected chi connectivity index (χ0v) is 14.5. The van der Waals surface area contributed by atoms with E-state index in [4.69, 9.17) is 5.73 Å². The first-order valence-electron chi connectivity index (χ1n) is 7.40.